The molecule has 0 bridgehead atoms. The molecule has 1 aromatic rings. The quantitative estimate of drug-likeness (QED) is 0.779. The van der Waals surface area contributed by atoms with Crippen LogP contribution in [0.5, 0.6) is 0 Å². The second-order valence-corrected chi connectivity index (χ2v) is 6.82. The number of hydrogen-bond donors (Lipinski definition) is 1. The zero-order chi connectivity index (χ0) is 14.6. The third-order valence-electron chi connectivity index (χ3n) is 4.84. The summed E-state index contributed by atoms with van der Waals surface area (Å²) in [4.78, 5) is 0. The maximum atomic E-state index is 4.84. The van der Waals surface area contributed by atoms with Crippen LogP contribution < -0.4 is 5.32 Å². The first-order valence-electron chi connectivity index (χ1n) is 8.36. The zero-order valence-electron chi connectivity index (χ0n) is 13.7. The second kappa shape index (κ2) is 6.75. The summed E-state index contributed by atoms with van der Waals surface area (Å²) in [7, 11) is 0. The predicted octanol–water partition coefficient (Wildman–Crippen LogP) is 3.96. The van der Waals surface area contributed by atoms with Crippen LogP contribution in [0.3, 0.4) is 0 Å². The molecule has 1 heterocycles. The molecule has 1 N–H and O–H groups in total. The smallest absolute Gasteiger partial charge is 0.0630 e. The molecule has 0 atom stereocenters. The van der Waals surface area contributed by atoms with Crippen molar-refractivity contribution < 1.29 is 0 Å². The van der Waals surface area contributed by atoms with E-state index in [0.29, 0.717) is 17.5 Å². The summed E-state index contributed by atoms with van der Waals surface area (Å²) in [6.07, 6.45) is 9.73. The Hall–Kier alpha value is -0.830. The van der Waals surface area contributed by atoms with E-state index in [0.717, 1.165) is 25.8 Å². The Morgan fingerprint density at radius 1 is 1.30 bits per heavy atom. The summed E-state index contributed by atoms with van der Waals surface area (Å²) in [5.74, 6) is 0. The van der Waals surface area contributed by atoms with E-state index in [1.165, 1.54) is 25.0 Å². The molecule has 0 aliphatic heterocycles. The van der Waals surface area contributed by atoms with Gasteiger partial charge in [0, 0.05) is 18.8 Å². The van der Waals surface area contributed by atoms with Crippen molar-refractivity contribution in [2.75, 3.05) is 6.54 Å². The van der Waals surface area contributed by atoms with Crippen LogP contribution in [0.15, 0.2) is 12.3 Å². The number of hydrogen-bond acceptors (Lipinski definition) is 2. The highest BCUT2D eigenvalue weighted by Gasteiger charge is 2.37. The summed E-state index contributed by atoms with van der Waals surface area (Å²) in [5.41, 5.74) is 1.75. The molecule has 3 nitrogen and oxygen atoms in total. The van der Waals surface area contributed by atoms with Gasteiger partial charge in [0.2, 0.25) is 0 Å². The van der Waals surface area contributed by atoms with E-state index in [2.05, 4.69) is 50.0 Å². The molecule has 1 fully saturated rings. The van der Waals surface area contributed by atoms with E-state index in [-0.39, 0.29) is 0 Å². The van der Waals surface area contributed by atoms with Crippen molar-refractivity contribution in [2.24, 2.45) is 5.41 Å². The fraction of sp³-hybridized carbons (Fsp3) is 0.824. The Morgan fingerprint density at radius 3 is 2.50 bits per heavy atom. The van der Waals surface area contributed by atoms with Crippen molar-refractivity contribution in [3.05, 3.63) is 18.0 Å². The van der Waals surface area contributed by atoms with Gasteiger partial charge in [0.1, 0.15) is 0 Å². The van der Waals surface area contributed by atoms with Crippen molar-refractivity contribution in [2.45, 2.75) is 78.3 Å². The molecule has 20 heavy (non-hydrogen) atoms. The summed E-state index contributed by atoms with van der Waals surface area (Å²) in [5, 5.41) is 8.46. The standard InChI is InChI=1S/C17H31N3/c1-5-16(6-2)20-11-8-15(19-20)12-17(9-7-10-17)13-18-14(3)4/h8,11,14,16,18H,5-7,9-10,12-13H2,1-4H3. The van der Waals surface area contributed by atoms with Gasteiger partial charge in [0.15, 0.2) is 0 Å². The molecule has 1 saturated carbocycles. The van der Waals surface area contributed by atoms with Crippen LogP contribution in [0.4, 0.5) is 0 Å². The van der Waals surface area contributed by atoms with Gasteiger partial charge in [-0.1, -0.05) is 34.1 Å². The lowest BCUT2D eigenvalue weighted by atomic mass is 9.66. The van der Waals surface area contributed by atoms with Crippen molar-refractivity contribution in [3.8, 4) is 0 Å². The lowest BCUT2D eigenvalue weighted by Crippen LogP contribution is -2.43. The first kappa shape index (κ1) is 15.6. The third-order valence-corrected chi connectivity index (χ3v) is 4.84. The molecule has 0 unspecified atom stereocenters. The van der Waals surface area contributed by atoms with Gasteiger partial charge in [-0.05, 0) is 43.6 Å². The van der Waals surface area contributed by atoms with Gasteiger partial charge >= 0.3 is 0 Å². The Kier molecular flexibility index (Phi) is 5.25. The normalized spacial score (nSPS) is 17.7. The number of nitrogens with zero attached hydrogens (tertiary/aromatic N) is 2. The van der Waals surface area contributed by atoms with Gasteiger partial charge < -0.3 is 5.32 Å². The van der Waals surface area contributed by atoms with Gasteiger partial charge in [0.05, 0.1) is 11.7 Å². The number of aromatic nitrogens is 2. The van der Waals surface area contributed by atoms with Crippen molar-refractivity contribution >= 4 is 0 Å². The number of nitrogens with one attached hydrogen (secondary N) is 1. The maximum Gasteiger partial charge on any atom is 0.0630 e. The Labute approximate surface area is 124 Å². The predicted molar refractivity (Wildman–Crippen MR) is 85.0 cm³/mol. The topological polar surface area (TPSA) is 29.9 Å². The maximum absolute atomic E-state index is 4.84. The largest absolute Gasteiger partial charge is 0.314 e. The average molecular weight is 277 g/mol. The molecule has 114 valence electrons. The molecule has 1 aliphatic rings. The van der Waals surface area contributed by atoms with Crippen LogP contribution in [-0.4, -0.2) is 22.4 Å². The lowest BCUT2D eigenvalue weighted by molar-refractivity contribution is 0.125. The van der Waals surface area contributed by atoms with Gasteiger partial charge in [-0.2, -0.15) is 5.10 Å². The number of rotatable bonds is 8. The minimum Gasteiger partial charge on any atom is -0.314 e. The van der Waals surface area contributed by atoms with E-state index in [4.69, 9.17) is 5.10 Å². The van der Waals surface area contributed by atoms with Crippen molar-refractivity contribution in [1.29, 1.82) is 0 Å². The molecule has 2 rings (SSSR count). The van der Waals surface area contributed by atoms with Crippen molar-refractivity contribution in [3.63, 3.8) is 0 Å². The van der Waals surface area contributed by atoms with Gasteiger partial charge in [-0.15, -0.1) is 0 Å². The fourth-order valence-electron chi connectivity index (χ4n) is 3.24. The van der Waals surface area contributed by atoms with Gasteiger partial charge in [-0.3, -0.25) is 4.68 Å². The van der Waals surface area contributed by atoms with Gasteiger partial charge in [-0.25, -0.2) is 0 Å². The first-order chi connectivity index (χ1) is 9.58. The van der Waals surface area contributed by atoms with Crippen LogP contribution in [0.2, 0.25) is 0 Å². The Balaban J connectivity index is 1.97. The second-order valence-electron chi connectivity index (χ2n) is 6.82. The highest BCUT2D eigenvalue weighted by Crippen LogP contribution is 2.43. The van der Waals surface area contributed by atoms with E-state index in [1.54, 1.807) is 0 Å². The molecule has 0 aromatic carbocycles. The van der Waals surface area contributed by atoms with E-state index >= 15 is 0 Å². The fourth-order valence-corrected chi connectivity index (χ4v) is 3.24. The Morgan fingerprint density at radius 2 is 2.00 bits per heavy atom. The average Bonchev–Trinajstić information content (AvgIpc) is 2.82. The van der Waals surface area contributed by atoms with Crippen LogP contribution in [0.1, 0.15) is 71.5 Å². The molecule has 0 spiro atoms. The first-order valence-corrected chi connectivity index (χ1v) is 8.36. The van der Waals surface area contributed by atoms with Crippen LogP contribution in [-0.2, 0) is 6.42 Å². The highest BCUT2D eigenvalue weighted by molar-refractivity contribution is 5.07. The zero-order valence-corrected chi connectivity index (χ0v) is 13.7. The molecule has 0 saturated heterocycles. The highest BCUT2D eigenvalue weighted by atomic mass is 15.3. The molecular weight excluding hydrogens is 246 g/mol. The lowest BCUT2D eigenvalue weighted by Gasteiger charge is -2.42. The molecule has 0 amide bonds. The molecular formula is C17H31N3. The monoisotopic (exact) mass is 277 g/mol. The van der Waals surface area contributed by atoms with Crippen LogP contribution in [0, 0.1) is 5.41 Å². The minimum atomic E-state index is 0.470. The summed E-state index contributed by atoms with van der Waals surface area (Å²) in [6, 6.07) is 3.37. The van der Waals surface area contributed by atoms with Gasteiger partial charge in [0.25, 0.3) is 0 Å². The summed E-state index contributed by atoms with van der Waals surface area (Å²) >= 11 is 0. The molecule has 1 aromatic heterocycles. The van der Waals surface area contributed by atoms with E-state index < -0.39 is 0 Å². The summed E-state index contributed by atoms with van der Waals surface area (Å²) < 4.78 is 2.18. The molecule has 3 heteroatoms. The van der Waals surface area contributed by atoms with E-state index in [9.17, 15) is 0 Å². The summed E-state index contributed by atoms with van der Waals surface area (Å²) in [6.45, 7) is 10.1. The minimum absolute atomic E-state index is 0.470. The van der Waals surface area contributed by atoms with E-state index in [1.807, 2.05) is 0 Å². The van der Waals surface area contributed by atoms with Crippen molar-refractivity contribution in [1.82, 2.24) is 15.1 Å². The SMILES string of the molecule is CCC(CC)n1ccc(CC2(CNC(C)C)CCC2)n1. The van der Waals surface area contributed by atoms with Crippen LogP contribution >= 0.6 is 0 Å². The molecule has 0 radical (unpaired) electrons. The third kappa shape index (κ3) is 3.63. The molecule has 1 aliphatic carbocycles. The van der Waals surface area contributed by atoms with Crippen LogP contribution in [0.25, 0.3) is 0 Å². The Bertz CT molecular complexity index is 400.